The number of carbonyl (C=O) groups excluding carboxylic acids is 1. The van der Waals surface area contributed by atoms with E-state index in [1.807, 2.05) is 18.1 Å². The summed E-state index contributed by atoms with van der Waals surface area (Å²) in [5.41, 5.74) is 1.70. The Balaban J connectivity index is 0.00000341. The third-order valence-corrected chi connectivity index (χ3v) is 6.72. The van der Waals surface area contributed by atoms with Crippen LogP contribution in [0, 0.1) is 0 Å². The summed E-state index contributed by atoms with van der Waals surface area (Å²) in [5, 5.41) is 7.37. The van der Waals surface area contributed by atoms with Gasteiger partial charge in [0.2, 0.25) is 15.9 Å². The molecule has 170 valence electrons. The molecule has 0 radical (unpaired) electrons. The average Bonchev–Trinajstić information content (AvgIpc) is 3.14. The van der Waals surface area contributed by atoms with Gasteiger partial charge in [-0.3, -0.25) is 14.5 Å². The standard InChI is InChI=1S/C19H27N7O3S.HI/c1-20-19(21-11-15-5-7-17(8-6-15)30(28,29)23(2)3)25-9-10-26(18(27)14-25)16-12-22-24(4)13-16;/h5-8,12-13H,9-11,14H2,1-4H3,(H,20,21);1H. The zero-order valence-corrected chi connectivity index (χ0v) is 21.2. The molecule has 10 nitrogen and oxygen atoms in total. The number of aliphatic imine (C=N–C) groups is 1. The van der Waals surface area contributed by atoms with Gasteiger partial charge in [-0.2, -0.15) is 5.10 Å². The number of amides is 1. The number of piperazine rings is 1. The molecule has 3 rings (SSSR count). The first-order valence-corrected chi connectivity index (χ1v) is 10.9. The smallest absolute Gasteiger partial charge is 0.246 e. The molecule has 1 saturated heterocycles. The Kier molecular flexibility index (Phi) is 8.42. The lowest BCUT2D eigenvalue weighted by Gasteiger charge is -2.35. The summed E-state index contributed by atoms with van der Waals surface area (Å²) in [5.74, 6) is 0.606. The molecule has 12 heteroatoms. The number of aromatic nitrogens is 2. The first-order valence-electron chi connectivity index (χ1n) is 9.48. The monoisotopic (exact) mass is 561 g/mol. The number of nitrogens with zero attached hydrogens (tertiary/aromatic N) is 6. The van der Waals surface area contributed by atoms with Gasteiger partial charge in [0, 0.05) is 54.0 Å². The normalized spacial score (nSPS) is 15.3. The van der Waals surface area contributed by atoms with E-state index in [0.717, 1.165) is 11.3 Å². The summed E-state index contributed by atoms with van der Waals surface area (Å²) in [4.78, 5) is 20.8. The van der Waals surface area contributed by atoms with Crippen LogP contribution in [0.2, 0.25) is 0 Å². The number of rotatable bonds is 5. The highest BCUT2D eigenvalue weighted by Gasteiger charge is 2.27. The first kappa shape index (κ1) is 25.1. The van der Waals surface area contributed by atoms with E-state index >= 15 is 0 Å². The van der Waals surface area contributed by atoms with Crippen molar-refractivity contribution in [1.82, 2.24) is 24.3 Å². The number of carbonyl (C=O) groups is 1. The highest BCUT2D eigenvalue weighted by atomic mass is 127. The molecule has 31 heavy (non-hydrogen) atoms. The number of benzene rings is 1. The maximum Gasteiger partial charge on any atom is 0.246 e. The van der Waals surface area contributed by atoms with Gasteiger partial charge in [0.1, 0.15) is 6.54 Å². The summed E-state index contributed by atoms with van der Waals surface area (Å²) < 4.78 is 27.2. The van der Waals surface area contributed by atoms with Gasteiger partial charge < -0.3 is 15.1 Å². The van der Waals surface area contributed by atoms with Crippen LogP contribution in [0.15, 0.2) is 46.5 Å². The molecule has 0 aliphatic carbocycles. The van der Waals surface area contributed by atoms with Crippen LogP contribution in [0.4, 0.5) is 5.69 Å². The van der Waals surface area contributed by atoms with Gasteiger partial charge in [-0.1, -0.05) is 12.1 Å². The highest BCUT2D eigenvalue weighted by Crippen LogP contribution is 2.17. The number of anilines is 1. The van der Waals surface area contributed by atoms with Crippen molar-refractivity contribution >= 4 is 51.6 Å². The number of nitrogens with one attached hydrogen (secondary N) is 1. The van der Waals surface area contributed by atoms with Gasteiger partial charge in [-0.05, 0) is 17.7 Å². The van der Waals surface area contributed by atoms with Gasteiger partial charge in [0.15, 0.2) is 5.96 Å². The molecule has 0 bridgehead atoms. The minimum Gasteiger partial charge on any atom is -0.352 e. The van der Waals surface area contributed by atoms with Crippen LogP contribution in [0.5, 0.6) is 0 Å². The lowest BCUT2D eigenvalue weighted by Crippen LogP contribution is -2.55. The quantitative estimate of drug-likeness (QED) is 0.328. The number of sulfonamides is 1. The van der Waals surface area contributed by atoms with Crippen LogP contribution in [-0.4, -0.2) is 80.0 Å². The van der Waals surface area contributed by atoms with Crippen molar-refractivity contribution in [1.29, 1.82) is 0 Å². The van der Waals surface area contributed by atoms with Gasteiger partial charge in [0.05, 0.1) is 16.8 Å². The molecule has 2 heterocycles. The second-order valence-electron chi connectivity index (χ2n) is 7.17. The van der Waals surface area contributed by atoms with E-state index in [-0.39, 0.29) is 41.3 Å². The molecule has 1 aliphatic rings. The summed E-state index contributed by atoms with van der Waals surface area (Å²) in [6.45, 7) is 1.86. The molecule has 1 aromatic heterocycles. The van der Waals surface area contributed by atoms with E-state index in [1.165, 1.54) is 18.4 Å². The second-order valence-corrected chi connectivity index (χ2v) is 9.32. The Morgan fingerprint density at radius 3 is 2.42 bits per heavy atom. The van der Waals surface area contributed by atoms with E-state index in [9.17, 15) is 13.2 Å². The molecule has 1 aliphatic heterocycles. The fraction of sp³-hybridized carbons (Fsp3) is 0.421. The predicted molar refractivity (Wildman–Crippen MR) is 130 cm³/mol. The first-order chi connectivity index (χ1) is 14.2. The molecule has 2 aromatic rings. The van der Waals surface area contributed by atoms with Crippen LogP contribution in [0.1, 0.15) is 5.56 Å². The van der Waals surface area contributed by atoms with Crippen molar-refractivity contribution in [2.45, 2.75) is 11.4 Å². The van der Waals surface area contributed by atoms with E-state index < -0.39 is 10.0 Å². The summed E-state index contributed by atoms with van der Waals surface area (Å²) in [7, 11) is 3.05. The zero-order valence-electron chi connectivity index (χ0n) is 18.0. The largest absolute Gasteiger partial charge is 0.352 e. The highest BCUT2D eigenvalue weighted by molar-refractivity contribution is 14.0. The molecule has 0 saturated carbocycles. The van der Waals surface area contributed by atoms with Crippen LogP contribution >= 0.6 is 24.0 Å². The number of hydrogen-bond acceptors (Lipinski definition) is 5. The van der Waals surface area contributed by atoms with Crippen molar-refractivity contribution in [2.75, 3.05) is 45.7 Å². The Hall–Kier alpha value is -2.19. The Labute approximate surface area is 200 Å². The van der Waals surface area contributed by atoms with E-state index in [0.29, 0.717) is 25.6 Å². The van der Waals surface area contributed by atoms with Crippen LogP contribution in [0.3, 0.4) is 0 Å². The Morgan fingerprint density at radius 2 is 1.90 bits per heavy atom. The number of aryl methyl sites for hydroxylation is 1. The van der Waals surface area contributed by atoms with E-state index in [2.05, 4.69) is 15.4 Å². The minimum atomic E-state index is -3.45. The Morgan fingerprint density at radius 1 is 1.23 bits per heavy atom. The van der Waals surface area contributed by atoms with Crippen LogP contribution in [0.25, 0.3) is 0 Å². The molecule has 0 unspecified atom stereocenters. The second kappa shape index (κ2) is 10.4. The average molecular weight is 561 g/mol. The summed E-state index contributed by atoms with van der Waals surface area (Å²) in [6, 6.07) is 6.71. The maximum atomic E-state index is 12.6. The van der Waals surface area contributed by atoms with Gasteiger partial charge in [-0.25, -0.2) is 12.7 Å². The molecule has 0 spiro atoms. The minimum absolute atomic E-state index is 0. The summed E-state index contributed by atoms with van der Waals surface area (Å²) >= 11 is 0. The van der Waals surface area contributed by atoms with E-state index in [4.69, 9.17) is 0 Å². The Bertz CT molecular complexity index is 1040. The zero-order chi connectivity index (χ0) is 21.9. The van der Waals surface area contributed by atoms with Crippen molar-refractivity contribution in [3.63, 3.8) is 0 Å². The van der Waals surface area contributed by atoms with Gasteiger partial charge >= 0.3 is 0 Å². The lowest BCUT2D eigenvalue weighted by atomic mass is 10.2. The summed E-state index contributed by atoms with van der Waals surface area (Å²) in [6.07, 6.45) is 3.50. The predicted octanol–water partition coefficient (Wildman–Crippen LogP) is 0.713. The maximum absolute atomic E-state index is 12.6. The number of hydrogen-bond donors (Lipinski definition) is 1. The van der Waals surface area contributed by atoms with E-state index in [1.54, 1.807) is 47.1 Å². The molecular weight excluding hydrogens is 533 g/mol. The lowest BCUT2D eigenvalue weighted by molar-refractivity contribution is -0.120. The molecule has 0 atom stereocenters. The van der Waals surface area contributed by atoms with Crippen molar-refractivity contribution < 1.29 is 13.2 Å². The molecule has 1 N–H and O–H groups in total. The molecule has 1 aromatic carbocycles. The fourth-order valence-corrected chi connectivity index (χ4v) is 4.08. The SMILES string of the molecule is CN=C(NCc1ccc(S(=O)(=O)N(C)C)cc1)N1CCN(c2cnn(C)c2)C(=O)C1.I. The van der Waals surface area contributed by atoms with Gasteiger partial charge in [-0.15, -0.1) is 24.0 Å². The fourth-order valence-electron chi connectivity index (χ4n) is 3.18. The molecule has 1 fully saturated rings. The van der Waals surface area contributed by atoms with Crippen molar-refractivity contribution in [3.05, 3.63) is 42.2 Å². The van der Waals surface area contributed by atoms with Gasteiger partial charge in [0.25, 0.3) is 0 Å². The van der Waals surface area contributed by atoms with Crippen molar-refractivity contribution in [2.24, 2.45) is 12.0 Å². The third kappa shape index (κ3) is 5.74. The third-order valence-electron chi connectivity index (χ3n) is 4.89. The molecule has 1 amide bonds. The van der Waals surface area contributed by atoms with Crippen molar-refractivity contribution in [3.8, 4) is 0 Å². The number of halogens is 1. The molecular formula is C19H28IN7O3S. The van der Waals surface area contributed by atoms with Crippen LogP contribution in [-0.2, 0) is 28.4 Å². The van der Waals surface area contributed by atoms with Crippen LogP contribution < -0.4 is 10.2 Å². The topological polar surface area (TPSA) is 103 Å². The number of guanidine groups is 1.